The van der Waals surface area contributed by atoms with Gasteiger partial charge in [0, 0.05) is 25.2 Å². The van der Waals surface area contributed by atoms with Gasteiger partial charge in [0.2, 0.25) is 0 Å². The van der Waals surface area contributed by atoms with E-state index in [1.807, 2.05) is 6.26 Å². The molecule has 88 valence electrons. The van der Waals surface area contributed by atoms with Crippen LogP contribution in [0.4, 0.5) is 5.82 Å². The first-order valence-corrected chi connectivity index (χ1v) is 6.90. The summed E-state index contributed by atoms with van der Waals surface area (Å²) < 4.78 is 0. The van der Waals surface area contributed by atoms with Gasteiger partial charge < -0.3 is 10.6 Å². The van der Waals surface area contributed by atoms with E-state index in [1.165, 1.54) is 19.3 Å². The Hall–Kier alpha value is -0.810. The third-order valence-corrected chi connectivity index (χ3v) is 3.67. The van der Waals surface area contributed by atoms with Gasteiger partial charge in [0.25, 0.3) is 0 Å². The van der Waals surface area contributed by atoms with Crippen LogP contribution in [-0.4, -0.2) is 35.4 Å². The van der Waals surface area contributed by atoms with Crippen molar-refractivity contribution in [2.45, 2.75) is 30.3 Å². The van der Waals surface area contributed by atoms with Crippen molar-refractivity contribution in [2.24, 2.45) is 5.73 Å². The van der Waals surface area contributed by atoms with E-state index in [-0.39, 0.29) is 0 Å². The van der Waals surface area contributed by atoms with Crippen LogP contribution < -0.4 is 10.6 Å². The van der Waals surface area contributed by atoms with Crippen molar-refractivity contribution in [2.75, 3.05) is 24.2 Å². The molecule has 2 heterocycles. The number of hydrogen-bond acceptors (Lipinski definition) is 5. The molecular weight excluding hydrogens is 220 g/mol. The standard InChI is InChI=1S/C11H18N4S/c1-16-11-6-10(13-8-14-11)15-5-3-2-4-9(15)7-12/h6,8-9H,2-5,7,12H2,1H3. The minimum atomic E-state index is 0.443. The molecule has 0 amide bonds. The SMILES string of the molecule is CSc1cc(N2CCCCC2CN)ncn1. The van der Waals surface area contributed by atoms with Crippen molar-refractivity contribution in [1.82, 2.24) is 9.97 Å². The maximum absolute atomic E-state index is 5.81. The predicted octanol–water partition coefficient (Wildman–Crippen LogP) is 1.52. The molecule has 1 aromatic heterocycles. The fourth-order valence-electron chi connectivity index (χ4n) is 2.15. The molecule has 1 fully saturated rings. The molecule has 0 radical (unpaired) electrons. The molecule has 1 aliphatic heterocycles. The molecule has 4 nitrogen and oxygen atoms in total. The number of nitrogens with zero attached hydrogens (tertiary/aromatic N) is 3. The number of aromatic nitrogens is 2. The van der Waals surface area contributed by atoms with E-state index in [0.29, 0.717) is 12.6 Å². The fraction of sp³-hybridized carbons (Fsp3) is 0.636. The average Bonchev–Trinajstić information content (AvgIpc) is 2.38. The van der Waals surface area contributed by atoms with Crippen LogP contribution in [-0.2, 0) is 0 Å². The van der Waals surface area contributed by atoms with Crippen molar-refractivity contribution in [1.29, 1.82) is 0 Å². The van der Waals surface area contributed by atoms with Crippen LogP contribution in [0.25, 0.3) is 0 Å². The zero-order chi connectivity index (χ0) is 11.4. The Morgan fingerprint density at radius 3 is 3.12 bits per heavy atom. The molecule has 0 bridgehead atoms. The van der Waals surface area contributed by atoms with E-state index in [4.69, 9.17) is 5.73 Å². The molecule has 1 unspecified atom stereocenters. The number of thioether (sulfide) groups is 1. The second kappa shape index (κ2) is 5.50. The number of rotatable bonds is 3. The van der Waals surface area contributed by atoms with Crippen LogP contribution in [0.15, 0.2) is 17.4 Å². The normalized spacial score (nSPS) is 21.1. The highest BCUT2D eigenvalue weighted by Gasteiger charge is 2.22. The van der Waals surface area contributed by atoms with E-state index in [9.17, 15) is 0 Å². The molecule has 16 heavy (non-hydrogen) atoms. The predicted molar refractivity (Wildman–Crippen MR) is 67.9 cm³/mol. The van der Waals surface area contributed by atoms with Gasteiger partial charge in [-0.3, -0.25) is 0 Å². The van der Waals surface area contributed by atoms with Gasteiger partial charge >= 0.3 is 0 Å². The summed E-state index contributed by atoms with van der Waals surface area (Å²) in [5.41, 5.74) is 5.81. The van der Waals surface area contributed by atoms with E-state index in [0.717, 1.165) is 17.4 Å². The molecule has 2 rings (SSSR count). The lowest BCUT2D eigenvalue weighted by Gasteiger charge is -2.35. The van der Waals surface area contributed by atoms with Crippen LogP contribution >= 0.6 is 11.8 Å². The van der Waals surface area contributed by atoms with E-state index in [2.05, 4.69) is 20.9 Å². The molecule has 1 atom stereocenters. The van der Waals surface area contributed by atoms with E-state index in [1.54, 1.807) is 18.1 Å². The zero-order valence-corrected chi connectivity index (χ0v) is 10.4. The largest absolute Gasteiger partial charge is 0.352 e. The summed E-state index contributed by atoms with van der Waals surface area (Å²) in [6, 6.07) is 2.50. The summed E-state index contributed by atoms with van der Waals surface area (Å²) in [7, 11) is 0. The first-order chi connectivity index (χ1) is 7.85. The fourth-order valence-corrected chi connectivity index (χ4v) is 2.52. The van der Waals surface area contributed by atoms with Gasteiger partial charge in [-0.25, -0.2) is 9.97 Å². The Morgan fingerprint density at radius 2 is 2.38 bits per heavy atom. The Morgan fingerprint density at radius 1 is 1.50 bits per heavy atom. The number of piperidine rings is 1. The second-order valence-electron chi connectivity index (χ2n) is 4.00. The van der Waals surface area contributed by atoms with Crippen LogP contribution in [0.2, 0.25) is 0 Å². The quantitative estimate of drug-likeness (QED) is 0.639. The lowest BCUT2D eigenvalue weighted by atomic mass is 10.0. The van der Waals surface area contributed by atoms with Crippen molar-refractivity contribution >= 4 is 17.6 Å². The average molecular weight is 238 g/mol. The summed E-state index contributed by atoms with van der Waals surface area (Å²) in [6.45, 7) is 1.77. The molecule has 0 aliphatic carbocycles. The summed E-state index contributed by atoms with van der Waals surface area (Å²) in [6.07, 6.45) is 7.36. The van der Waals surface area contributed by atoms with Gasteiger partial charge in [-0.05, 0) is 25.5 Å². The lowest BCUT2D eigenvalue weighted by Crippen LogP contribution is -2.44. The highest BCUT2D eigenvalue weighted by atomic mass is 32.2. The minimum Gasteiger partial charge on any atom is -0.352 e. The van der Waals surface area contributed by atoms with Crippen LogP contribution in [0, 0.1) is 0 Å². The Balaban J connectivity index is 2.20. The summed E-state index contributed by atoms with van der Waals surface area (Å²) >= 11 is 1.65. The number of anilines is 1. The molecule has 0 aromatic carbocycles. The van der Waals surface area contributed by atoms with Crippen molar-refractivity contribution in [3.63, 3.8) is 0 Å². The molecule has 1 saturated heterocycles. The second-order valence-corrected chi connectivity index (χ2v) is 4.82. The molecule has 0 saturated carbocycles. The third-order valence-electron chi connectivity index (χ3n) is 3.03. The highest BCUT2D eigenvalue weighted by Crippen LogP contribution is 2.24. The number of hydrogen-bond donors (Lipinski definition) is 1. The smallest absolute Gasteiger partial charge is 0.133 e. The molecule has 1 aliphatic rings. The van der Waals surface area contributed by atoms with Gasteiger partial charge in [0.05, 0.1) is 0 Å². The van der Waals surface area contributed by atoms with Crippen molar-refractivity contribution < 1.29 is 0 Å². The monoisotopic (exact) mass is 238 g/mol. The summed E-state index contributed by atoms with van der Waals surface area (Å²) in [5.74, 6) is 1.02. The Labute approximate surface area is 101 Å². The van der Waals surface area contributed by atoms with Gasteiger partial charge in [0.1, 0.15) is 17.2 Å². The van der Waals surface area contributed by atoms with Gasteiger partial charge in [-0.15, -0.1) is 11.8 Å². The molecule has 0 spiro atoms. The van der Waals surface area contributed by atoms with Crippen LogP contribution in [0.3, 0.4) is 0 Å². The topological polar surface area (TPSA) is 55.0 Å². The van der Waals surface area contributed by atoms with Crippen LogP contribution in [0.1, 0.15) is 19.3 Å². The van der Waals surface area contributed by atoms with Crippen molar-refractivity contribution in [3.8, 4) is 0 Å². The minimum absolute atomic E-state index is 0.443. The lowest BCUT2D eigenvalue weighted by molar-refractivity contribution is 0.461. The maximum Gasteiger partial charge on any atom is 0.133 e. The van der Waals surface area contributed by atoms with Crippen molar-refractivity contribution in [3.05, 3.63) is 12.4 Å². The first-order valence-electron chi connectivity index (χ1n) is 5.68. The molecule has 2 N–H and O–H groups in total. The van der Waals surface area contributed by atoms with E-state index >= 15 is 0 Å². The first kappa shape index (κ1) is 11.7. The maximum atomic E-state index is 5.81. The molecule has 1 aromatic rings. The van der Waals surface area contributed by atoms with Crippen LogP contribution in [0.5, 0.6) is 0 Å². The Bertz CT molecular complexity index is 345. The van der Waals surface area contributed by atoms with Gasteiger partial charge in [0.15, 0.2) is 0 Å². The molecular formula is C11H18N4S. The highest BCUT2D eigenvalue weighted by molar-refractivity contribution is 7.98. The van der Waals surface area contributed by atoms with E-state index < -0.39 is 0 Å². The summed E-state index contributed by atoms with van der Waals surface area (Å²) in [4.78, 5) is 10.9. The third kappa shape index (κ3) is 2.47. The Kier molecular flexibility index (Phi) is 4.01. The zero-order valence-electron chi connectivity index (χ0n) is 9.59. The molecule has 5 heteroatoms. The number of nitrogens with two attached hydrogens (primary N) is 1. The summed E-state index contributed by atoms with van der Waals surface area (Å²) in [5, 5.41) is 1.02. The van der Waals surface area contributed by atoms with Gasteiger partial charge in [-0.1, -0.05) is 0 Å². The van der Waals surface area contributed by atoms with Gasteiger partial charge in [-0.2, -0.15) is 0 Å².